The molecule has 0 saturated heterocycles. The zero-order valence-electron chi connectivity index (χ0n) is 20.1. The minimum atomic E-state index is -0.596. The lowest BCUT2D eigenvalue weighted by molar-refractivity contribution is -0.129. The smallest absolute Gasteiger partial charge is 0.343 e. The molecule has 0 aliphatic rings. The lowest BCUT2D eigenvalue weighted by Crippen LogP contribution is -2.10. The maximum Gasteiger partial charge on any atom is 0.343 e. The lowest BCUT2D eigenvalue weighted by atomic mass is 10.1. The number of ketones is 1. The minimum Gasteiger partial charge on any atom is -0.423 e. The summed E-state index contributed by atoms with van der Waals surface area (Å²) in [4.78, 5) is 47.4. The molecule has 0 amide bonds. The molecule has 0 saturated carbocycles. The fourth-order valence-electron chi connectivity index (χ4n) is 3.11. The molecule has 3 aromatic rings. The summed E-state index contributed by atoms with van der Waals surface area (Å²) in [5.74, 6) is -0.847. The van der Waals surface area contributed by atoms with Crippen molar-refractivity contribution in [3.63, 3.8) is 0 Å². The summed E-state index contributed by atoms with van der Waals surface area (Å²) in [5.41, 5.74) is 2.40. The molecular formula is C30H24O7. The van der Waals surface area contributed by atoms with Gasteiger partial charge in [-0.2, -0.15) is 0 Å². The number of allylic oxidation sites excluding steroid dienone is 1. The van der Waals surface area contributed by atoms with Gasteiger partial charge in [-0.3, -0.25) is 4.79 Å². The van der Waals surface area contributed by atoms with Gasteiger partial charge in [0, 0.05) is 18.6 Å². The minimum absolute atomic E-state index is 0.107. The molecule has 0 aliphatic heterocycles. The second-order valence-electron chi connectivity index (χ2n) is 7.81. The fraction of sp³-hybridized carbons (Fsp3) is 0.0667. The van der Waals surface area contributed by atoms with Gasteiger partial charge in [0.2, 0.25) is 0 Å². The maximum absolute atomic E-state index is 12.5. The van der Waals surface area contributed by atoms with E-state index >= 15 is 0 Å². The Labute approximate surface area is 214 Å². The molecule has 7 heteroatoms. The predicted molar refractivity (Wildman–Crippen MR) is 138 cm³/mol. The highest BCUT2D eigenvalue weighted by molar-refractivity contribution is 5.93. The Morgan fingerprint density at radius 1 is 0.757 bits per heavy atom. The van der Waals surface area contributed by atoms with Crippen LogP contribution in [0.4, 0.5) is 0 Å². The van der Waals surface area contributed by atoms with Crippen molar-refractivity contribution in [2.45, 2.75) is 13.3 Å². The quantitative estimate of drug-likeness (QED) is 0.216. The largest absolute Gasteiger partial charge is 0.423 e. The van der Waals surface area contributed by atoms with Crippen molar-refractivity contribution >= 4 is 29.8 Å². The van der Waals surface area contributed by atoms with Crippen LogP contribution in [0.5, 0.6) is 17.2 Å². The van der Waals surface area contributed by atoms with Gasteiger partial charge in [-0.15, -0.1) is 0 Å². The van der Waals surface area contributed by atoms with E-state index in [9.17, 15) is 19.2 Å². The van der Waals surface area contributed by atoms with Crippen LogP contribution in [-0.2, 0) is 20.8 Å². The second kappa shape index (κ2) is 12.6. The zero-order valence-corrected chi connectivity index (χ0v) is 20.1. The molecule has 0 spiro atoms. The average molecular weight is 497 g/mol. The van der Waals surface area contributed by atoms with Gasteiger partial charge in [0.05, 0.1) is 5.56 Å². The van der Waals surface area contributed by atoms with Gasteiger partial charge < -0.3 is 14.2 Å². The van der Waals surface area contributed by atoms with E-state index in [1.54, 1.807) is 73.7 Å². The normalized spacial score (nSPS) is 10.4. The molecule has 0 heterocycles. The Morgan fingerprint density at radius 3 is 2.03 bits per heavy atom. The number of rotatable bonds is 10. The molecule has 0 N–H and O–H groups in total. The first kappa shape index (κ1) is 26.6. The fourth-order valence-corrected chi connectivity index (χ4v) is 3.11. The van der Waals surface area contributed by atoms with Crippen LogP contribution in [-0.4, -0.2) is 23.7 Å². The topological polar surface area (TPSA) is 96.0 Å². The highest BCUT2D eigenvalue weighted by Crippen LogP contribution is 2.25. The first-order valence-corrected chi connectivity index (χ1v) is 11.2. The van der Waals surface area contributed by atoms with Crippen molar-refractivity contribution in [3.05, 3.63) is 120 Å². The third-order valence-corrected chi connectivity index (χ3v) is 5.04. The van der Waals surface area contributed by atoms with Crippen molar-refractivity contribution in [1.82, 2.24) is 0 Å². The summed E-state index contributed by atoms with van der Waals surface area (Å²) in [7, 11) is 0. The van der Waals surface area contributed by atoms with E-state index in [0.717, 1.165) is 11.6 Å². The zero-order chi connectivity index (χ0) is 26.8. The number of hydrogen-bond donors (Lipinski definition) is 0. The van der Waals surface area contributed by atoms with Gasteiger partial charge in [-0.05, 0) is 78.2 Å². The molecule has 186 valence electrons. The van der Waals surface area contributed by atoms with Crippen LogP contribution in [0.1, 0.15) is 27.0 Å². The summed E-state index contributed by atoms with van der Waals surface area (Å²) in [6.07, 6.45) is 5.36. The number of carbonyl (C=O) groups excluding carboxylic acids is 4. The molecule has 3 aromatic carbocycles. The Hall–Kier alpha value is -5.04. The standard InChI is InChI=1S/C30H24O7/c1-4-24(31)19-22-6-11-23(12-7-22)30(34)37-27-16-15-26(18-20(27)3)36-29(33)17-10-21-8-13-25(14-9-21)35-28(32)5-2/h4-18H,1-2,19H2,3H3/b17-10+. The van der Waals surface area contributed by atoms with E-state index in [4.69, 9.17) is 14.2 Å². The Balaban J connectivity index is 1.56. The van der Waals surface area contributed by atoms with E-state index in [-0.39, 0.29) is 18.0 Å². The highest BCUT2D eigenvalue weighted by atomic mass is 16.5. The third-order valence-electron chi connectivity index (χ3n) is 5.04. The van der Waals surface area contributed by atoms with Gasteiger partial charge in [-0.1, -0.05) is 37.4 Å². The van der Waals surface area contributed by atoms with Crippen LogP contribution < -0.4 is 14.2 Å². The van der Waals surface area contributed by atoms with Crippen molar-refractivity contribution in [2.24, 2.45) is 0 Å². The molecule has 0 aromatic heterocycles. The van der Waals surface area contributed by atoms with Gasteiger partial charge >= 0.3 is 17.9 Å². The van der Waals surface area contributed by atoms with Crippen molar-refractivity contribution in [1.29, 1.82) is 0 Å². The van der Waals surface area contributed by atoms with Crippen LogP contribution in [0.3, 0.4) is 0 Å². The molecule has 0 unspecified atom stereocenters. The second-order valence-corrected chi connectivity index (χ2v) is 7.81. The molecular weight excluding hydrogens is 472 g/mol. The summed E-state index contributed by atoms with van der Waals surface area (Å²) >= 11 is 0. The number of benzene rings is 3. The van der Waals surface area contributed by atoms with E-state index in [2.05, 4.69) is 13.2 Å². The molecule has 7 nitrogen and oxygen atoms in total. The molecule has 0 fully saturated rings. The predicted octanol–water partition coefficient (Wildman–Crippen LogP) is 5.22. The summed E-state index contributed by atoms with van der Waals surface area (Å²) in [5, 5.41) is 0. The Kier molecular flexibility index (Phi) is 9.05. The van der Waals surface area contributed by atoms with Crippen LogP contribution in [0.25, 0.3) is 6.08 Å². The number of esters is 3. The van der Waals surface area contributed by atoms with Crippen LogP contribution >= 0.6 is 0 Å². The van der Waals surface area contributed by atoms with Crippen LogP contribution in [0.15, 0.2) is 98.1 Å². The van der Waals surface area contributed by atoms with E-state index in [1.165, 1.54) is 18.2 Å². The monoisotopic (exact) mass is 496 g/mol. The maximum atomic E-state index is 12.5. The summed E-state index contributed by atoms with van der Waals surface area (Å²) < 4.78 is 15.8. The van der Waals surface area contributed by atoms with Gasteiger partial charge in [0.15, 0.2) is 5.78 Å². The van der Waals surface area contributed by atoms with Crippen LogP contribution in [0.2, 0.25) is 0 Å². The number of ether oxygens (including phenoxy) is 3. The lowest BCUT2D eigenvalue weighted by Gasteiger charge is -2.09. The summed E-state index contributed by atoms with van der Waals surface area (Å²) in [6, 6.07) is 17.7. The molecule has 0 bridgehead atoms. The SMILES string of the molecule is C=CC(=O)Cc1ccc(C(=O)Oc2ccc(OC(=O)/C=C/c3ccc(OC(=O)C=C)cc3)cc2C)cc1. The van der Waals surface area contributed by atoms with Crippen LogP contribution in [0, 0.1) is 6.92 Å². The van der Waals surface area contributed by atoms with Crippen molar-refractivity contribution in [3.8, 4) is 17.2 Å². The molecule has 0 aliphatic carbocycles. The van der Waals surface area contributed by atoms with Gasteiger partial charge in [0.1, 0.15) is 17.2 Å². The molecule has 0 radical (unpaired) electrons. The van der Waals surface area contributed by atoms with E-state index < -0.39 is 17.9 Å². The van der Waals surface area contributed by atoms with E-state index in [1.807, 2.05) is 0 Å². The number of carbonyl (C=O) groups is 4. The summed E-state index contributed by atoms with van der Waals surface area (Å²) in [6.45, 7) is 8.50. The Bertz CT molecular complexity index is 1360. The van der Waals surface area contributed by atoms with E-state index in [0.29, 0.717) is 28.2 Å². The number of hydrogen-bond acceptors (Lipinski definition) is 7. The van der Waals surface area contributed by atoms with Gasteiger partial charge in [-0.25, -0.2) is 14.4 Å². The third kappa shape index (κ3) is 8.00. The first-order chi connectivity index (χ1) is 17.8. The highest BCUT2D eigenvalue weighted by Gasteiger charge is 2.12. The molecule has 3 rings (SSSR count). The van der Waals surface area contributed by atoms with Crippen molar-refractivity contribution in [2.75, 3.05) is 0 Å². The van der Waals surface area contributed by atoms with Crippen molar-refractivity contribution < 1.29 is 33.4 Å². The Morgan fingerprint density at radius 2 is 1.41 bits per heavy atom. The number of aryl methyl sites for hydroxylation is 1. The molecule has 37 heavy (non-hydrogen) atoms. The van der Waals surface area contributed by atoms with Gasteiger partial charge in [0.25, 0.3) is 0 Å². The average Bonchev–Trinajstić information content (AvgIpc) is 2.90. The molecule has 0 atom stereocenters. The first-order valence-electron chi connectivity index (χ1n) is 11.2.